The number of hydrogen-bond donors (Lipinski definition) is 0. The molecular formula is C25H34O4. The molecule has 0 aromatic carbocycles. The van der Waals surface area contributed by atoms with E-state index in [9.17, 15) is 9.59 Å². The maximum absolute atomic E-state index is 12.9. The van der Waals surface area contributed by atoms with E-state index in [0.29, 0.717) is 30.3 Å². The van der Waals surface area contributed by atoms with Gasteiger partial charge in [-0.1, -0.05) is 6.58 Å². The standard InChI is InChI=1S/C25H34O4/c1-4-19(26)29-22(2,3)23-8-15-7-16(9-23)11-24(10-15,14-23)25-6-5-17(12-25)18-13-28-21(27)20(18)25/h4,15-18,20H,1,5-14H2,2-3H3. The van der Waals surface area contributed by atoms with E-state index in [0.717, 1.165) is 6.42 Å². The first kappa shape index (κ1) is 18.4. The van der Waals surface area contributed by atoms with Crippen molar-refractivity contribution in [3.63, 3.8) is 0 Å². The van der Waals surface area contributed by atoms with Gasteiger partial charge in [-0.25, -0.2) is 4.79 Å². The van der Waals surface area contributed by atoms with Crippen molar-refractivity contribution in [3.8, 4) is 0 Å². The summed E-state index contributed by atoms with van der Waals surface area (Å²) in [4.78, 5) is 25.1. The second-order valence-electron chi connectivity index (χ2n) is 12.1. The molecule has 1 saturated heterocycles. The molecule has 158 valence electrons. The second-order valence-corrected chi connectivity index (χ2v) is 12.1. The molecule has 6 atom stereocenters. The van der Waals surface area contributed by atoms with Crippen LogP contribution < -0.4 is 0 Å². The molecule has 6 saturated carbocycles. The predicted molar refractivity (Wildman–Crippen MR) is 108 cm³/mol. The van der Waals surface area contributed by atoms with Crippen LogP contribution in [0.2, 0.25) is 0 Å². The van der Waals surface area contributed by atoms with Gasteiger partial charge >= 0.3 is 11.9 Å². The maximum atomic E-state index is 12.9. The minimum Gasteiger partial charge on any atom is -0.465 e. The molecule has 0 spiro atoms. The first-order chi connectivity index (χ1) is 13.7. The van der Waals surface area contributed by atoms with Crippen molar-refractivity contribution < 1.29 is 19.1 Å². The van der Waals surface area contributed by atoms with Crippen molar-refractivity contribution in [2.45, 2.75) is 77.2 Å². The van der Waals surface area contributed by atoms with Gasteiger partial charge in [-0.2, -0.15) is 0 Å². The lowest BCUT2D eigenvalue weighted by Crippen LogP contribution is -2.65. The van der Waals surface area contributed by atoms with Crippen LogP contribution in [-0.2, 0) is 19.1 Å². The van der Waals surface area contributed by atoms with E-state index in [1.54, 1.807) is 0 Å². The van der Waals surface area contributed by atoms with E-state index in [1.807, 2.05) is 0 Å². The van der Waals surface area contributed by atoms with Gasteiger partial charge in [0.15, 0.2) is 0 Å². The SMILES string of the molecule is C=CC(=O)OC(C)(C)C12CC3CC(C1)CC(C14CCC(C1)C1COC(=O)C14)(C3)C2. The highest BCUT2D eigenvalue weighted by molar-refractivity contribution is 5.81. The van der Waals surface area contributed by atoms with E-state index in [-0.39, 0.29) is 34.1 Å². The van der Waals surface area contributed by atoms with Crippen molar-refractivity contribution in [1.82, 2.24) is 0 Å². The summed E-state index contributed by atoms with van der Waals surface area (Å²) in [5, 5.41) is 0. The van der Waals surface area contributed by atoms with Gasteiger partial charge in [0.1, 0.15) is 5.60 Å². The number of carbonyl (C=O) groups is 2. The Morgan fingerprint density at radius 3 is 2.62 bits per heavy atom. The average Bonchev–Trinajstić information content (AvgIpc) is 3.33. The molecule has 0 aromatic heterocycles. The van der Waals surface area contributed by atoms with E-state index in [4.69, 9.17) is 9.47 Å². The Hall–Kier alpha value is -1.32. The molecule has 1 heterocycles. The van der Waals surface area contributed by atoms with Crippen LogP contribution in [0.3, 0.4) is 0 Å². The first-order valence-corrected chi connectivity index (χ1v) is 11.8. The highest BCUT2D eigenvalue weighted by Gasteiger charge is 2.75. The number of carbonyl (C=O) groups excluding carboxylic acids is 2. The molecule has 0 N–H and O–H groups in total. The molecule has 0 amide bonds. The van der Waals surface area contributed by atoms with Crippen molar-refractivity contribution in [2.24, 2.45) is 45.8 Å². The Morgan fingerprint density at radius 2 is 1.93 bits per heavy atom. The minimum absolute atomic E-state index is 0.0309. The Labute approximate surface area is 173 Å². The summed E-state index contributed by atoms with van der Waals surface area (Å²) in [6.07, 6.45) is 12.4. The zero-order valence-electron chi connectivity index (χ0n) is 17.9. The van der Waals surface area contributed by atoms with Crippen LogP contribution >= 0.6 is 0 Å². The van der Waals surface area contributed by atoms with Gasteiger partial charge in [0.2, 0.25) is 0 Å². The van der Waals surface area contributed by atoms with Crippen molar-refractivity contribution in [3.05, 3.63) is 12.7 Å². The molecule has 6 bridgehead atoms. The molecular weight excluding hydrogens is 364 g/mol. The Kier molecular flexibility index (Phi) is 3.48. The van der Waals surface area contributed by atoms with Gasteiger partial charge in [0.05, 0.1) is 12.5 Å². The summed E-state index contributed by atoms with van der Waals surface area (Å²) >= 11 is 0. The van der Waals surface area contributed by atoms with Gasteiger partial charge < -0.3 is 9.47 Å². The van der Waals surface area contributed by atoms with Crippen LogP contribution in [0.4, 0.5) is 0 Å². The van der Waals surface area contributed by atoms with Crippen LogP contribution in [0.25, 0.3) is 0 Å². The van der Waals surface area contributed by atoms with E-state index < -0.39 is 5.60 Å². The number of esters is 2. The highest BCUT2D eigenvalue weighted by atomic mass is 16.6. The smallest absolute Gasteiger partial charge is 0.330 e. The van der Waals surface area contributed by atoms with Gasteiger partial charge in [0, 0.05) is 17.4 Å². The molecule has 7 fully saturated rings. The summed E-state index contributed by atoms with van der Waals surface area (Å²) in [6.45, 7) is 8.54. The van der Waals surface area contributed by atoms with E-state index in [2.05, 4.69) is 20.4 Å². The van der Waals surface area contributed by atoms with Crippen LogP contribution in [0, 0.1) is 45.8 Å². The van der Waals surface area contributed by atoms with Crippen LogP contribution in [-0.4, -0.2) is 24.1 Å². The monoisotopic (exact) mass is 398 g/mol. The number of fused-ring (bicyclic) bond motifs is 5. The van der Waals surface area contributed by atoms with Gasteiger partial charge in [-0.15, -0.1) is 0 Å². The fourth-order valence-corrected chi connectivity index (χ4v) is 10.1. The van der Waals surface area contributed by atoms with Gasteiger partial charge in [-0.05, 0) is 100 Å². The van der Waals surface area contributed by atoms with E-state index in [1.165, 1.54) is 57.4 Å². The second kappa shape index (κ2) is 5.48. The minimum atomic E-state index is -0.496. The van der Waals surface area contributed by atoms with Gasteiger partial charge in [0.25, 0.3) is 0 Å². The summed E-state index contributed by atoms with van der Waals surface area (Å²) in [5.41, 5.74) is -0.1000. The number of cyclic esters (lactones) is 1. The van der Waals surface area contributed by atoms with Crippen molar-refractivity contribution >= 4 is 11.9 Å². The highest BCUT2D eigenvalue weighted by Crippen LogP contribution is 2.80. The normalized spacial score (nSPS) is 51.8. The topological polar surface area (TPSA) is 52.6 Å². The Balaban J connectivity index is 1.43. The fourth-order valence-electron chi connectivity index (χ4n) is 10.1. The van der Waals surface area contributed by atoms with Crippen LogP contribution in [0.15, 0.2) is 12.7 Å². The van der Waals surface area contributed by atoms with Crippen LogP contribution in [0.1, 0.15) is 71.6 Å². The van der Waals surface area contributed by atoms with Crippen molar-refractivity contribution in [1.29, 1.82) is 0 Å². The molecule has 4 heteroatoms. The molecule has 1 aliphatic heterocycles. The average molecular weight is 399 g/mol. The number of rotatable bonds is 4. The lowest BCUT2D eigenvalue weighted by molar-refractivity contribution is -0.239. The Morgan fingerprint density at radius 1 is 1.21 bits per heavy atom. The molecule has 7 rings (SSSR count). The molecule has 0 aromatic rings. The maximum Gasteiger partial charge on any atom is 0.330 e. The third-order valence-corrected chi connectivity index (χ3v) is 10.8. The molecule has 6 unspecified atom stereocenters. The first-order valence-electron chi connectivity index (χ1n) is 11.8. The number of hydrogen-bond acceptors (Lipinski definition) is 4. The Bertz CT molecular complexity index is 783. The molecule has 4 nitrogen and oxygen atoms in total. The predicted octanol–water partition coefficient (Wildman–Crippen LogP) is 4.67. The largest absolute Gasteiger partial charge is 0.465 e. The van der Waals surface area contributed by atoms with Crippen molar-refractivity contribution in [2.75, 3.05) is 6.61 Å². The zero-order chi connectivity index (χ0) is 20.2. The zero-order valence-corrected chi connectivity index (χ0v) is 17.9. The molecule has 6 aliphatic carbocycles. The lowest BCUT2D eigenvalue weighted by atomic mass is 9.35. The lowest BCUT2D eigenvalue weighted by Gasteiger charge is -2.70. The third-order valence-electron chi connectivity index (χ3n) is 10.8. The number of ether oxygens (including phenoxy) is 2. The summed E-state index contributed by atoms with van der Waals surface area (Å²) in [5.74, 6) is 2.49. The van der Waals surface area contributed by atoms with Gasteiger partial charge in [-0.3, -0.25) is 4.79 Å². The molecule has 7 aliphatic rings. The summed E-state index contributed by atoms with van der Waals surface area (Å²) in [7, 11) is 0. The summed E-state index contributed by atoms with van der Waals surface area (Å²) in [6, 6.07) is 0. The quantitative estimate of drug-likeness (QED) is 0.510. The molecule has 29 heavy (non-hydrogen) atoms. The third kappa shape index (κ3) is 2.11. The fraction of sp³-hybridized carbons (Fsp3) is 0.840. The van der Waals surface area contributed by atoms with E-state index >= 15 is 0 Å². The van der Waals surface area contributed by atoms with Crippen LogP contribution in [0.5, 0.6) is 0 Å². The summed E-state index contributed by atoms with van der Waals surface area (Å²) < 4.78 is 11.6. The molecule has 0 radical (unpaired) electrons.